The molecular weight excluding hydrogens is 210 g/mol. The third kappa shape index (κ3) is 3.55. The molecule has 1 heterocycles. The fraction of sp³-hybridized carbons (Fsp3) is 0.600. The van der Waals surface area contributed by atoms with Crippen LogP contribution in [0.15, 0.2) is 24.3 Å². The molecule has 1 aliphatic rings. The second kappa shape index (κ2) is 6.18. The first-order valence-corrected chi connectivity index (χ1v) is 6.71. The van der Waals surface area contributed by atoms with Gasteiger partial charge in [0.25, 0.3) is 0 Å². The Morgan fingerprint density at radius 3 is 2.71 bits per heavy atom. The van der Waals surface area contributed by atoms with Gasteiger partial charge in [-0.15, -0.1) is 0 Å². The average molecular weight is 233 g/mol. The quantitative estimate of drug-likeness (QED) is 0.843. The Morgan fingerprint density at radius 1 is 1.35 bits per heavy atom. The fourth-order valence-electron chi connectivity index (χ4n) is 2.38. The van der Waals surface area contributed by atoms with Gasteiger partial charge >= 0.3 is 0 Å². The Hall–Kier alpha value is -0.860. The third-order valence-corrected chi connectivity index (χ3v) is 3.50. The van der Waals surface area contributed by atoms with Crippen molar-refractivity contribution in [3.8, 4) is 0 Å². The Bertz CT molecular complexity index is 327. The molecule has 0 radical (unpaired) electrons. The monoisotopic (exact) mass is 233 g/mol. The summed E-state index contributed by atoms with van der Waals surface area (Å²) >= 11 is 0. The number of nitrogens with one attached hydrogen (secondary N) is 1. The van der Waals surface area contributed by atoms with Crippen LogP contribution in [0.5, 0.6) is 0 Å². The summed E-state index contributed by atoms with van der Waals surface area (Å²) in [5.74, 6) is 0. The normalized spacial score (nSPS) is 21.6. The molecule has 1 aliphatic heterocycles. The van der Waals surface area contributed by atoms with Crippen LogP contribution in [0.25, 0.3) is 0 Å². The number of hydrogen-bond donors (Lipinski definition) is 1. The van der Waals surface area contributed by atoms with Crippen LogP contribution in [0.1, 0.15) is 43.4 Å². The van der Waals surface area contributed by atoms with Crippen molar-refractivity contribution in [3.05, 3.63) is 35.4 Å². The molecule has 1 aromatic rings. The summed E-state index contributed by atoms with van der Waals surface area (Å²) < 4.78 is 5.64. The number of rotatable bonds is 5. The molecule has 2 unspecified atom stereocenters. The van der Waals surface area contributed by atoms with Crippen LogP contribution in [-0.2, 0) is 4.74 Å². The van der Waals surface area contributed by atoms with Gasteiger partial charge < -0.3 is 10.1 Å². The SMILES string of the molecule is CCC(NCC1CCCO1)c1ccc(C)cc1. The topological polar surface area (TPSA) is 21.3 Å². The third-order valence-electron chi connectivity index (χ3n) is 3.50. The Labute approximate surface area is 104 Å². The predicted molar refractivity (Wildman–Crippen MR) is 71.2 cm³/mol. The minimum atomic E-state index is 0.425. The van der Waals surface area contributed by atoms with Crippen LogP contribution in [0.3, 0.4) is 0 Å². The summed E-state index contributed by atoms with van der Waals surface area (Å²) in [7, 11) is 0. The van der Waals surface area contributed by atoms with Crippen LogP contribution in [0, 0.1) is 6.92 Å². The lowest BCUT2D eigenvalue weighted by Gasteiger charge is -2.20. The van der Waals surface area contributed by atoms with E-state index in [1.807, 2.05) is 0 Å². The van der Waals surface area contributed by atoms with E-state index in [2.05, 4.69) is 43.4 Å². The van der Waals surface area contributed by atoms with Crippen LogP contribution in [0.2, 0.25) is 0 Å². The van der Waals surface area contributed by atoms with E-state index >= 15 is 0 Å². The van der Waals surface area contributed by atoms with Crippen LogP contribution >= 0.6 is 0 Å². The molecule has 94 valence electrons. The summed E-state index contributed by atoms with van der Waals surface area (Å²) in [4.78, 5) is 0. The zero-order valence-corrected chi connectivity index (χ0v) is 10.9. The van der Waals surface area contributed by atoms with Crippen molar-refractivity contribution in [2.45, 2.75) is 45.3 Å². The van der Waals surface area contributed by atoms with Crippen molar-refractivity contribution >= 4 is 0 Å². The highest BCUT2D eigenvalue weighted by Gasteiger charge is 2.17. The maximum Gasteiger partial charge on any atom is 0.0700 e. The lowest BCUT2D eigenvalue weighted by Crippen LogP contribution is -2.29. The molecule has 1 N–H and O–H groups in total. The zero-order valence-electron chi connectivity index (χ0n) is 10.9. The molecule has 1 saturated heterocycles. The summed E-state index contributed by atoms with van der Waals surface area (Å²) in [5, 5.41) is 3.62. The maximum atomic E-state index is 5.64. The minimum Gasteiger partial charge on any atom is -0.377 e. The maximum absolute atomic E-state index is 5.64. The molecule has 0 aromatic heterocycles. The van der Waals surface area contributed by atoms with E-state index in [1.165, 1.54) is 24.0 Å². The van der Waals surface area contributed by atoms with E-state index in [9.17, 15) is 0 Å². The molecule has 2 heteroatoms. The number of benzene rings is 1. The summed E-state index contributed by atoms with van der Waals surface area (Å²) in [6.07, 6.45) is 3.97. The van der Waals surface area contributed by atoms with Crippen molar-refractivity contribution in [2.24, 2.45) is 0 Å². The molecule has 0 bridgehead atoms. The number of ether oxygens (including phenoxy) is 1. The highest BCUT2D eigenvalue weighted by Crippen LogP contribution is 2.18. The summed E-state index contributed by atoms with van der Waals surface area (Å²) in [6, 6.07) is 9.29. The van der Waals surface area contributed by atoms with Crippen LogP contribution in [0.4, 0.5) is 0 Å². The first-order valence-electron chi connectivity index (χ1n) is 6.71. The van der Waals surface area contributed by atoms with Gasteiger partial charge in [0.15, 0.2) is 0 Å². The van der Waals surface area contributed by atoms with Crippen molar-refractivity contribution in [1.82, 2.24) is 5.32 Å². The minimum absolute atomic E-state index is 0.425. The lowest BCUT2D eigenvalue weighted by molar-refractivity contribution is 0.107. The van der Waals surface area contributed by atoms with Crippen LogP contribution in [-0.4, -0.2) is 19.3 Å². The van der Waals surface area contributed by atoms with Crippen molar-refractivity contribution in [3.63, 3.8) is 0 Å². The number of hydrogen-bond acceptors (Lipinski definition) is 2. The molecule has 0 spiro atoms. The highest BCUT2D eigenvalue weighted by molar-refractivity contribution is 5.24. The van der Waals surface area contributed by atoms with E-state index in [0.717, 1.165) is 19.6 Å². The molecule has 1 fully saturated rings. The van der Waals surface area contributed by atoms with E-state index in [1.54, 1.807) is 0 Å². The highest BCUT2D eigenvalue weighted by atomic mass is 16.5. The predicted octanol–water partition coefficient (Wildman–Crippen LogP) is 3.21. The Morgan fingerprint density at radius 2 is 2.12 bits per heavy atom. The second-order valence-electron chi connectivity index (χ2n) is 4.91. The molecule has 0 amide bonds. The van der Waals surface area contributed by atoms with Gasteiger partial charge in [0.2, 0.25) is 0 Å². The van der Waals surface area contributed by atoms with Gasteiger partial charge in [0, 0.05) is 19.2 Å². The van der Waals surface area contributed by atoms with Crippen molar-refractivity contribution < 1.29 is 4.74 Å². The molecular formula is C15H23NO. The van der Waals surface area contributed by atoms with Gasteiger partial charge in [-0.05, 0) is 31.7 Å². The first kappa shape index (κ1) is 12.6. The standard InChI is InChI=1S/C15H23NO/c1-3-15(13-8-6-12(2)7-9-13)16-11-14-5-4-10-17-14/h6-9,14-16H,3-5,10-11H2,1-2H3. The first-order chi connectivity index (χ1) is 8.29. The molecule has 2 rings (SSSR count). The van der Waals surface area contributed by atoms with E-state index < -0.39 is 0 Å². The lowest BCUT2D eigenvalue weighted by atomic mass is 10.0. The molecule has 0 aliphatic carbocycles. The largest absolute Gasteiger partial charge is 0.377 e. The molecule has 2 nitrogen and oxygen atoms in total. The van der Waals surface area contributed by atoms with Gasteiger partial charge in [-0.3, -0.25) is 0 Å². The Balaban J connectivity index is 1.89. The van der Waals surface area contributed by atoms with Crippen LogP contribution < -0.4 is 5.32 Å². The zero-order chi connectivity index (χ0) is 12.1. The van der Waals surface area contributed by atoms with Crippen molar-refractivity contribution in [1.29, 1.82) is 0 Å². The smallest absolute Gasteiger partial charge is 0.0700 e. The van der Waals surface area contributed by atoms with E-state index in [-0.39, 0.29) is 0 Å². The van der Waals surface area contributed by atoms with Gasteiger partial charge in [0.05, 0.1) is 6.10 Å². The summed E-state index contributed by atoms with van der Waals surface area (Å²) in [6.45, 7) is 6.28. The Kier molecular flexibility index (Phi) is 4.57. The van der Waals surface area contributed by atoms with Gasteiger partial charge in [-0.1, -0.05) is 36.8 Å². The molecule has 1 aromatic carbocycles. The van der Waals surface area contributed by atoms with E-state index in [4.69, 9.17) is 4.74 Å². The number of aryl methyl sites for hydroxylation is 1. The molecule has 2 atom stereocenters. The molecule has 17 heavy (non-hydrogen) atoms. The summed E-state index contributed by atoms with van der Waals surface area (Å²) in [5.41, 5.74) is 2.71. The average Bonchev–Trinajstić information content (AvgIpc) is 2.85. The van der Waals surface area contributed by atoms with Gasteiger partial charge in [-0.25, -0.2) is 0 Å². The van der Waals surface area contributed by atoms with Gasteiger partial charge in [0.1, 0.15) is 0 Å². The van der Waals surface area contributed by atoms with Gasteiger partial charge in [-0.2, -0.15) is 0 Å². The second-order valence-corrected chi connectivity index (χ2v) is 4.91. The van der Waals surface area contributed by atoms with E-state index in [0.29, 0.717) is 12.1 Å². The van der Waals surface area contributed by atoms with Crippen molar-refractivity contribution in [2.75, 3.05) is 13.2 Å². The fourth-order valence-corrected chi connectivity index (χ4v) is 2.38. The molecule has 0 saturated carbocycles.